The molecular formula is C11H17NO6. The fraction of sp³-hybridized carbons (Fsp3) is 0.727. The van der Waals surface area contributed by atoms with Gasteiger partial charge in [0.25, 0.3) is 0 Å². The molecule has 0 aromatic heterocycles. The molecule has 0 aromatic rings. The first-order valence-electron chi connectivity index (χ1n) is 5.80. The van der Waals surface area contributed by atoms with Crippen LogP contribution < -0.4 is 0 Å². The molecule has 2 N–H and O–H groups in total. The van der Waals surface area contributed by atoms with Crippen LogP contribution >= 0.6 is 0 Å². The summed E-state index contributed by atoms with van der Waals surface area (Å²) >= 11 is 0. The van der Waals surface area contributed by atoms with E-state index in [1.807, 2.05) is 6.92 Å². The van der Waals surface area contributed by atoms with Gasteiger partial charge in [-0.3, -0.25) is 4.79 Å². The lowest BCUT2D eigenvalue weighted by atomic mass is 9.93. The minimum absolute atomic E-state index is 0.0182. The van der Waals surface area contributed by atoms with Crippen molar-refractivity contribution in [2.45, 2.75) is 13.3 Å². The van der Waals surface area contributed by atoms with Crippen LogP contribution in [0, 0.1) is 11.8 Å². The average molecular weight is 259 g/mol. The van der Waals surface area contributed by atoms with Crippen LogP contribution in [0.2, 0.25) is 0 Å². The smallest absolute Gasteiger partial charge is 0.414 e. The lowest BCUT2D eigenvalue weighted by Gasteiger charge is -2.19. The monoisotopic (exact) mass is 259 g/mol. The Morgan fingerprint density at radius 2 is 1.83 bits per heavy atom. The number of hydrogen-bond acceptors (Lipinski definition) is 5. The molecular weight excluding hydrogens is 242 g/mol. The van der Waals surface area contributed by atoms with E-state index in [1.165, 1.54) is 13.0 Å². The maximum absolute atomic E-state index is 11.4. The molecule has 0 saturated carbocycles. The number of carboxylic acid groups (broad SMARTS) is 2. The van der Waals surface area contributed by atoms with Gasteiger partial charge in [-0.15, -0.1) is 0 Å². The van der Waals surface area contributed by atoms with Gasteiger partial charge in [-0.05, 0) is 25.8 Å². The minimum atomic E-state index is -1.82. The van der Waals surface area contributed by atoms with Crippen molar-refractivity contribution in [3.05, 3.63) is 0 Å². The third-order valence-electron chi connectivity index (χ3n) is 3.11. The van der Waals surface area contributed by atoms with Crippen LogP contribution in [-0.4, -0.2) is 59.3 Å². The van der Waals surface area contributed by atoms with Crippen molar-refractivity contribution in [3.63, 3.8) is 0 Å². The largest absolute Gasteiger partial charge is 0.473 e. The second-order valence-electron chi connectivity index (χ2n) is 4.28. The lowest BCUT2D eigenvalue weighted by Crippen LogP contribution is -2.30. The van der Waals surface area contributed by atoms with Crippen molar-refractivity contribution in [2.24, 2.45) is 11.8 Å². The van der Waals surface area contributed by atoms with Gasteiger partial charge < -0.3 is 19.8 Å². The Morgan fingerprint density at radius 1 is 1.22 bits per heavy atom. The number of aliphatic carboxylic acids is 2. The summed E-state index contributed by atoms with van der Waals surface area (Å²) in [4.78, 5) is 31.9. The van der Waals surface area contributed by atoms with Crippen molar-refractivity contribution < 1.29 is 29.3 Å². The van der Waals surface area contributed by atoms with Gasteiger partial charge in [0, 0.05) is 13.1 Å². The van der Waals surface area contributed by atoms with E-state index in [0.29, 0.717) is 12.5 Å². The Hall–Kier alpha value is -1.63. The van der Waals surface area contributed by atoms with E-state index in [0.717, 1.165) is 13.1 Å². The summed E-state index contributed by atoms with van der Waals surface area (Å²) in [7, 11) is 0. The first kappa shape index (κ1) is 14.4. The highest BCUT2D eigenvalue weighted by atomic mass is 16.5. The number of carboxylic acids is 2. The summed E-state index contributed by atoms with van der Waals surface area (Å²) in [5, 5.41) is 14.8. The van der Waals surface area contributed by atoms with Gasteiger partial charge >= 0.3 is 17.9 Å². The molecule has 1 unspecified atom stereocenters. The molecule has 7 heteroatoms. The molecule has 2 heterocycles. The number of nitrogens with zero attached hydrogens (tertiary/aromatic N) is 1. The number of rotatable bonds is 2. The SMILES string of the molecule is CCOC(=O)[C@@H]1CN2CC[C@H]1C2.O=C(O)C(=O)O. The Morgan fingerprint density at radius 3 is 2.17 bits per heavy atom. The molecule has 0 amide bonds. The molecule has 2 saturated heterocycles. The highest BCUT2D eigenvalue weighted by Crippen LogP contribution is 2.33. The highest BCUT2D eigenvalue weighted by Gasteiger charge is 2.42. The van der Waals surface area contributed by atoms with Crippen molar-refractivity contribution in [1.29, 1.82) is 0 Å². The minimum Gasteiger partial charge on any atom is -0.473 e. The van der Waals surface area contributed by atoms with Crippen molar-refractivity contribution in [2.75, 3.05) is 26.2 Å². The Kier molecular flexibility index (Phi) is 5.08. The number of piperidine rings is 1. The van der Waals surface area contributed by atoms with Crippen LogP contribution in [0.5, 0.6) is 0 Å². The molecule has 3 atom stereocenters. The first-order chi connectivity index (χ1) is 8.45. The quantitative estimate of drug-likeness (QED) is 0.516. The number of carbonyl (C=O) groups excluding carboxylic acids is 1. The van der Waals surface area contributed by atoms with Gasteiger partial charge in [-0.25, -0.2) is 9.59 Å². The Bertz CT molecular complexity index is 330. The van der Waals surface area contributed by atoms with Crippen LogP contribution in [0.25, 0.3) is 0 Å². The number of carbonyl (C=O) groups is 3. The van der Waals surface area contributed by atoms with Gasteiger partial charge in [0.1, 0.15) is 0 Å². The summed E-state index contributed by atoms with van der Waals surface area (Å²) in [5.74, 6) is -2.86. The lowest BCUT2D eigenvalue weighted by molar-refractivity contribution is -0.159. The van der Waals surface area contributed by atoms with E-state index >= 15 is 0 Å². The summed E-state index contributed by atoms with van der Waals surface area (Å²) in [6.07, 6.45) is 1.18. The molecule has 2 fully saturated rings. The maximum atomic E-state index is 11.4. The average Bonchev–Trinajstić information content (AvgIpc) is 2.91. The molecule has 102 valence electrons. The fourth-order valence-electron chi connectivity index (χ4n) is 2.30. The van der Waals surface area contributed by atoms with Gasteiger partial charge in [-0.1, -0.05) is 0 Å². The number of hydrogen-bond donors (Lipinski definition) is 2. The van der Waals surface area contributed by atoms with Gasteiger partial charge in [0.15, 0.2) is 0 Å². The van der Waals surface area contributed by atoms with Gasteiger partial charge in [0.2, 0.25) is 0 Å². The third kappa shape index (κ3) is 3.69. The second kappa shape index (κ2) is 6.34. The number of ether oxygens (including phenoxy) is 1. The third-order valence-corrected chi connectivity index (χ3v) is 3.11. The summed E-state index contributed by atoms with van der Waals surface area (Å²) in [6, 6.07) is 0. The molecule has 2 rings (SSSR count). The van der Waals surface area contributed by atoms with E-state index in [4.69, 9.17) is 24.5 Å². The Labute approximate surface area is 104 Å². The van der Waals surface area contributed by atoms with E-state index in [9.17, 15) is 4.79 Å². The van der Waals surface area contributed by atoms with Crippen LogP contribution in [0.1, 0.15) is 13.3 Å². The molecule has 2 bridgehead atoms. The summed E-state index contributed by atoms with van der Waals surface area (Å²) < 4.78 is 5.01. The molecule has 2 aliphatic rings. The molecule has 2 aliphatic heterocycles. The standard InChI is InChI=1S/C9H15NO2.C2H2O4/c1-2-12-9(11)8-6-10-4-3-7(8)5-10;3-1(4)2(5)6/h7-8H,2-6H2,1H3;(H,3,4)(H,5,6)/t7-,8+;/m0./s1. The summed E-state index contributed by atoms with van der Waals surface area (Å²) in [5.41, 5.74) is 0. The van der Waals surface area contributed by atoms with E-state index in [2.05, 4.69) is 4.90 Å². The zero-order chi connectivity index (χ0) is 13.7. The zero-order valence-corrected chi connectivity index (χ0v) is 10.2. The van der Waals surface area contributed by atoms with Crippen molar-refractivity contribution >= 4 is 17.9 Å². The molecule has 18 heavy (non-hydrogen) atoms. The first-order valence-corrected chi connectivity index (χ1v) is 5.80. The topological polar surface area (TPSA) is 104 Å². The Balaban J connectivity index is 0.000000232. The molecule has 7 nitrogen and oxygen atoms in total. The molecule has 0 aliphatic carbocycles. The normalized spacial score (nSPS) is 28.2. The predicted octanol–water partition coefficient (Wildman–Crippen LogP) is -0.343. The van der Waals surface area contributed by atoms with E-state index in [-0.39, 0.29) is 11.9 Å². The molecule has 0 radical (unpaired) electrons. The van der Waals surface area contributed by atoms with Gasteiger partial charge in [0.05, 0.1) is 12.5 Å². The van der Waals surface area contributed by atoms with Gasteiger partial charge in [-0.2, -0.15) is 0 Å². The van der Waals surface area contributed by atoms with Crippen LogP contribution in [-0.2, 0) is 19.1 Å². The van der Waals surface area contributed by atoms with E-state index in [1.54, 1.807) is 0 Å². The van der Waals surface area contributed by atoms with Crippen LogP contribution in [0.15, 0.2) is 0 Å². The fourth-order valence-corrected chi connectivity index (χ4v) is 2.30. The zero-order valence-electron chi connectivity index (χ0n) is 10.2. The molecule has 0 spiro atoms. The van der Waals surface area contributed by atoms with Crippen LogP contribution in [0.3, 0.4) is 0 Å². The van der Waals surface area contributed by atoms with E-state index < -0.39 is 11.9 Å². The van der Waals surface area contributed by atoms with Crippen LogP contribution in [0.4, 0.5) is 0 Å². The number of fused-ring (bicyclic) bond motifs is 2. The maximum Gasteiger partial charge on any atom is 0.414 e. The molecule has 0 aromatic carbocycles. The second-order valence-corrected chi connectivity index (χ2v) is 4.28. The summed E-state index contributed by atoms with van der Waals surface area (Å²) in [6.45, 7) is 5.61. The number of esters is 1. The highest BCUT2D eigenvalue weighted by molar-refractivity contribution is 6.27. The van der Waals surface area contributed by atoms with Crippen molar-refractivity contribution in [3.8, 4) is 0 Å². The van der Waals surface area contributed by atoms with Crippen molar-refractivity contribution in [1.82, 2.24) is 4.90 Å². The predicted molar refractivity (Wildman–Crippen MR) is 59.9 cm³/mol.